The highest BCUT2D eigenvalue weighted by atomic mass is 28.4. The molecule has 32 heavy (non-hydrogen) atoms. The Balaban J connectivity index is 1.97. The van der Waals surface area contributed by atoms with Crippen LogP contribution in [0.4, 0.5) is 4.79 Å². The first-order chi connectivity index (χ1) is 14.6. The minimum atomic E-state index is -2.00. The quantitative estimate of drug-likeness (QED) is 0.268. The number of ether oxygens (including phenoxy) is 4. The van der Waals surface area contributed by atoms with E-state index in [-0.39, 0.29) is 41.3 Å². The Morgan fingerprint density at radius 2 is 1.91 bits per heavy atom. The predicted molar refractivity (Wildman–Crippen MR) is 127 cm³/mol. The van der Waals surface area contributed by atoms with Gasteiger partial charge in [0.2, 0.25) is 0 Å². The van der Waals surface area contributed by atoms with Gasteiger partial charge in [-0.3, -0.25) is 0 Å². The predicted octanol–water partition coefficient (Wildman–Crippen LogP) is 6.33. The Morgan fingerprint density at radius 1 is 1.25 bits per heavy atom. The summed E-state index contributed by atoms with van der Waals surface area (Å²) in [6.45, 7) is 23.5. The zero-order valence-electron chi connectivity index (χ0n) is 21.4. The van der Waals surface area contributed by atoms with Gasteiger partial charge in [-0.25, -0.2) is 4.79 Å². The third kappa shape index (κ3) is 4.72. The van der Waals surface area contributed by atoms with Crippen molar-refractivity contribution in [3.8, 4) is 0 Å². The lowest BCUT2D eigenvalue weighted by Gasteiger charge is -2.56. The molecular weight excluding hydrogens is 424 g/mol. The molecule has 0 unspecified atom stereocenters. The van der Waals surface area contributed by atoms with Crippen molar-refractivity contribution in [3.05, 3.63) is 24.0 Å². The summed E-state index contributed by atoms with van der Waals surface area (Å²) in [6, 6.07) is 0. The Hall–Kier alpha value is -1.15. The van der Waals surface area contributed by atoms with Crippen LogP contribution in [0.15, 0.2) is 24.0 Å². The average molecular weight is 467 g/mol. The van der Waals surface area contributed by atoms with Crippen LogP contribution in [0.25, 0.3) is 0 Å². The van der Waals surface area contributed by atoms with Gasteiger partial charge in [0.05, 0.1) is 18.3 Å². The summed E-state index contributed by atoms with van der Waals surface area (Å²) in [5.41, 5.74) is 0.900. The topological polar surface area (TPSA) is 63.2 Å². The van der Waals surface area contributed by atoms with E-state index in [0.29, 0.717) is 12.2 Å². The standard InChI is InChI=1S/C25H42O6Si/c1-11-14-27-22(26)28-17-12-13-25(8)19(31-32(9,10)23(3,4)5)15-18-21(20(25)16(17)2)30-24(6,7)29-18/h11,18-21H,1,12-15H2,2-10H3/t18-,19+,20-,21+,25-/m0/s1. The van der Waals surface area contributed by atoms with E-state index in [2.05, 4.69) is 54.3 Å². The molecule has 3 aliphatic rings. The Kier molecular flexibility index (Phi) is 6.82. The fraction of sp³-hybridized carbons (Fsp3) is 0.800. The minimum Gasteiger partial charge on any atom is -0.430 e. The van der Waals surface area contributed by atoms with Crippen LogP contribution in [0.5, 0.6) is 0 Å². The summed E-state index contributed by atoms with van der Waals surface area (Å²) in [5.74, 6) is 0.0688. The Bertz CT molecular complexity index is 780. The van der Waals surface area contributed by atoms with Crippen molar-refractivity contribution in [1.82, 2.24) is 0 Å². The fourth-order valence-corrected chi connectivity index (χ4v) is 6.73. The van der Waals surface area contributed by atoms with Crippen molar-refractivity contribution < 1.29 is 28.2 Å². The van der Waals surface area contributed by atoms with Crippen LogP contribution in [-0.4, -0.2) is 45.2 Å². The SMILES string of the molecule is C=CCOC(=O)OC1=C(C)[C@H]2[C@@H]3OC(C)(C)O[C@H]3C[C@@H](O[Si](C)(C)C(C)(C)C)[C@]2(C)CC1. The van der Waals surface area contributed by atoms with E-state index in [1.54, 1.807) is 0 Å². The summed E-state index contributed by atoms with van der Waals surface area (Å²) in [7, 11) is -2.00. The molecule has 5 atom stereocenters. The highest BCUT2D eigenvalue weighted by molar-refractivity contribution is 6.74. The molecule has 1 saturated carbocycles. The number of hydrogen-bond acceptors (Lipinski definition) is 6. The third-order valence-corrected chi connectivity index (χ3v) is 12.5. The molecule has 0 spiro atoms. The molecule has 0 aromatic rings. The largest absolute Gasteiger partial charge is 0.513 e. The van der Waals surface area contributed by atoms with Crippen molar-refractivity contribution in [1.29, 1.82) is 0 Å². The summed E-state index contributed by atoms with van der Waals surface area (Å²) < 4.78 is 30.5. The van der Waals surface area contributed by atoms with Gasteiger partial charge in [-0.15, -0.1) is 0 Å². The lowest BCUT2D eigenvalue weighted by molar-refractivity contribution is -0.151. The molecule has 182 valence electrons. The maximum absolute atomic E-state index is 12.1. The highest BCUT2D eigenvalue weighted by Gasteiger charge is 2.61. The lowest BCUT2D eigenvalue weighted by Crippen LogP contribution is -2.60. The van der Waals surface area contributed by atoms with Crippen LogP contribution in [0.3, 0.4) is 0 Å². The molecule has 1 saturated heterocycles. The Labute approximate surface area is 194 Å². The van der Waals surface area contributed by atoms with Crippen LogP contribution in [0, 0.1) is 11.3 Å². The van der Waals surface area contributed by atoms with Gasteiger partial charge in [0.15, 0.2) is 14.1 Å². The highest BCUT2D eigenvalue weighted by Crippen LogP contribution is 2.58. The number of hydrogen-bond donors (Lipinski definition) is 0. The number of fused-ring (bicyclic) bond motifs is 3. The lowest BCUT2D eigenvalue weighted by atomic mass is 9.57. The molecule has 0 amide bonds. The van der Waals surface area contributed by atoms with Crippen molar-refractivity contribution in [2.45, 2.75) is 110 Å². The van der Waals surface area contributed by atoms with E-state index in [1.807, 2.05) is 13.8 Å². The molecule has 1 aliphatic heterocycles. The first-order valence-electron chi connectivity index (χ1n) is 11.8. The van der Waals surface area contributed by atoms with Crippen LogP contribution in [0.2, 0.25) is 18.1 Å². The third-order valence-electron chi connectivity index (χ3n) is 8.01. The summed E-state index contributed by atoms with van der Waals surface area (Å²) >= 11 is 0. The van der Waals surface area contributed by atoms with Crippen LogP contribution >= 0.6 is 0 Å². The molecule has 0 N–H and O–H groups in total. The maximum atomic E-state index is 12.1. The summed E-state index contributed by atoms with van der Waals surface area (Å²) in [5, 5.41) is 0.116. The van der Waals surface area contributed by atoms with Gasteiger partial charge in [-0.05, 0) is 50.9 Å². The van der Waals surface area contributed by atoms with Gasteiger partial charge < -0.3 is 23.4 Å². The first kappa shape index (κ1) is 25.5. The molecule has 0 aromatic heterocycles. The summed E-state index contributed by atoms with van der Waals surface area (Å²) in [4.78, 5) is 12.1. The normalized spacial score (nSPS) is 34.5. The summed E-state index contributed by atoms with van der Waals surface area (Å²) in [6.07, 6.45) is 3.08. The van der Waals surface area contributed by atoms with E-state index in [0.717, 1.165) is 18.4 Å². The van der Waals surface area contributed by atoms with E-state index in [1.165, 1.54) is 6.08 Å². The maximum Gasteiger partial charge on any atom is 0.513 e. The van der Waals surface area contributed by atoms with Gasteiger partial charge >= 0.3 is 6.16 Å². The molecule has 6 nitrogen and oxygen atoms in total. The molecule has 0 bridgehead atoms. The zero-order valence-corrected chi connectivity index (χ0v) is 22.4. The molecule has 1 heterocycles. The molecule has 2 aliphatic carbocycles. The fourth-order valence-electron chi connectivity index (χ4n) is 5.30. The number of allylic oxidation sites excluding steroid dienone is 1. The molecule has 2 fully saturated rings. The van der Waals surface area contributed by atoms with Crippen molar-refractivity contribution in [3.63, 3.8) is 0 Å². The molecule has 7 heteroatoms. The van der Waals surface area contributed by atoms with Gasteiger partial charge in [0.25, 0.3) is 0 Å². The first-order valence-corrected chi connectivity index (χ1v) is 14.7. The van der Waals surface area contributed by atoms with E-state index in [4.69, 9.17) is 23.4 Å². The monoisotopic (exact) mass is 466 g/mol. The second-order valence-electron chi connectivity index (χ2n) is 11.8. The van der Waals surface area contributed by atoms with Crippen molar-refractivity contribution >= 4 is 14.5 Å². The van der Waals surface area contributed by atoms with Crippen LogP contribution in [-0.2, 0) is 23.4 Å². The van der Waals surface area contributed by atoms with Crippen LogP contribution in [0.1, 0.15) is 67.7 Å². The molecule has 0 aromatic carbocycles. The molecule has 0 radical (unpaired) electrons. The molecular formula is C25H42O6Si. The zero-order chi connectivity index (χ0) is 24.1. The second kappa shape index (κ2) is 8.57. The van der Waals surface area contributed by atoms with E-state index in [9.17, 15) is 4.79 Å². The van der Waals surface area contributed by atoms with Gasteiger partial charge in [0, 0.05) is 24.2 Å². The minimum absolute atomic E-state index is 0.0359. The second-order valence-corrected chi connectivity index (χ2v) is 16.5. The smallest absolute Gasteiger partial charge is 0.430 e. The van der Waals surface area contributed by atoms with Gasteiger partial charge in [-0.1, -0.05) is 40.3 Å². The van der Waals surface area contributed by atoms with E-state index < -0.39 is 20.3 Å². The number of rotatable bonds is 5. The van der Waals surface area contributed by atoms with E-state index >= 15 is 0 Å². The van der Waals surface area contributed by atoms with Crippen molar-refractivity contribution in [2.75, 3.05) is 6.61 Å². The number of carbonyl (C=O) groups excluding carboxylic acids is 1. The van der Waals surface area contributed by atoms with Gasteiger partial charge in [-0.2, -0.15) is 0 Å². The Morgan fingerprint density at radius 3 is 2.50 bits per heavy atom. The van der Waals surface area contributed by atoms with Crippen LogP contribution < -0.4 is 0 Å². The van der Waals surface area contributed by atoms with Crippen molar-refractivity contribution in [2.24, 2.45) is 11.3 Å². The molecule has 3 rings (SSSR count). The van der Waals surface area contributed by atoms with Gasteiger partial charge in [0.1, 0.15) is 12.4 Å². The number of carbonyl (C=O) groups is 1. The average Bonchev–Trinajstić information content (AvgIpc) is 2.95.